The number of halogens is 2. The van der Waals surface area contributed by atoms with Gasteiger partial charge < -0.3 is 9.73 Å². The number of thiophene rings is 1. The fourth-order valence-corrected chi connectivity index (χ4v) is 2.76. The number of nitrogens with one attached hydrogen (secondary N) is 2. The highest BCUT2D eigenvalue weighted by Gasteiger charge is 2.42. The van der Waals surface area contributed by atoms with E-state index in [1.165, 1.54) is 17.6 Å². The zero-order chi connectivity index (χ0) is 14.9. The Balaban J connectivity index is 1.55. The number of hydrogen-bond donors (Lipinski definition) is 2. The maximum absolute atomic E-state index is 13.0. The molecule has 2 aromatic rings. The van der Waals surface area contributed by atoms with E-state index in [4.69, 9.17) is 4.42 Å². The summed E-state index contributed by atoms with van der Waals surface area (Å²) in [5, 5.41) is 7.00. The summed E-state index contributed by atoms with van der Waals surface area (Å²) in [6, 6.07) is 2.91. The first-order valence-electron chi connectivity index (χ1n) is 6.41. The van der Waals surface area contributed by atoms with Gasteiger partial charge in [0.2, 0.25) is 11.8 Å². The molecule has 0 saturated carbocycles. The zero-order valence-electron chi connectivity index (χ0n) is 10.9. The zero-order valence-corrected chi connectivity index (χ0v) is 11.8. The van der Waals surface area contributed by atoms with Gasteiger partial charge in [0.15, 0.2) is 0 Å². The molecule has 1 fully saturated rings. The first-order valence-corrected chi connectivity index (χ1v) is 7.29. The lowest BCUT2D eigenvalue weighted by molar-refractivity contribution is -0.123. The van der Waals surface area contributed by atoms with E-state index in [-0.39, 0.29) is 6.54 Å². The normalized spacial score (nSPS) is 20.6. The van der Waals surface area contributed by atoms with E-state index in [1.54, 1.807) is 0 Å². The molecule has 0 spiro atoms. The minimum atomic E-state index is -2.82. The van der Waals surface area contributed by atoms with Gasteiger partial charge >= 0.3 is 0 Å². The number of aromatic nitrogens is 1. The molecular formula is C13H13F2N3O2S. The fourth-order valence-electron chi connectivity index (χ4n) is 2.10. The van der Waals surface area contributed by atoms with E-state index >= 15 is 0 Å². The molecule has 2 aromatic heterocycles. The summed E-state index contributed by atoms with van der Waals surface area (Å²) in [6.07, 6.45) is 0.976. The summed E-state index contributed by atoms with van der Waals surface area (Å²) in [4.78, 5) is 16.9. The third kappa shape index (κ3) is 3.27. The minimum absolute atomic E-state index is 0.150. The van der Waals surface area contributed by atoms with Crippen molar-refractivity contribution in [1.82, 2.24) is 15.6 Å². The Kier molecular flexibility index (Phi) is 3.73. The summed E-state index contributed by atoms with van der Waals surface area (Å²) in [5.41, 5.74) is 0.552. The summed E-state index contributed by atoms with van der Waals surface area (Å²) >= 11 is 1.50. The number of rotatable bonds is 4. The molecule has 5 nitrogen and oxygen atoms in total. The quantitative estimate of drug-likeness (QED) is 0.906. The maximum atomic E-state index is 13.0. The molecule has 1 atom stereocenters. The Labute approximate surface area is 123 Å². The number of hydrogen-bond acceptors (Lipinski definition) is 5. The molecule has 1 saturated heterocycles. The van der Waals surface area contributed by atoms with E-state index in [0.29, 0.717) is 11.6 Å². The molecule has 1 amide bonds. The van der Waals surface area contributed by atoms with Gasteiger partial charge in [0.25, 0.3) is 5.92 Å². The molecule has 1 aliphatic rings. The molecule has 0 aromatic carbocycles. The molecule has 112 valence electrons. The van der Waals surface area contributed by atoms with E-state index in [2.05, 4.69) is 15.6 Å². The van der Waals surface area contributed by atoms with Gasteiger partial charge in [-0.05, 0) is 11.4 Å². The summed E-state index contributed by atoms with van der Waals surface area (Å²) in [6.45, 7) is -0.310. The maximum Gasteiger partial charge on any atom is 0.262 e. The lowest BCUT2D eigenvalue weighted by Crippen LogP contribution is -2.40. The molecule has 0 radical (unpaired) electrons. The molecular weight excluding hydrogens is 300 g/mol. The molecule has 0 aliphatic carbocycles. The number of amides is 1. The van der Waals surface area contributed by atoms with E-state index in [1.807, 2.05) is 17.5 Å². The van der Waals surface area contributed by atoms with Crippen LogP contribution in [-0.2, 0) is 11.3 Å². The topological polar surface area (TPSA) is 67.2 Å². The molecule has 3 rings (SSSR count). The molecule has 8 heteroatoms. The third-order valence-electron chi connectivity index (χ3n) is 3.15. The van der Waals surface area contributed by atoms with Crippen LogP contribution in [0, 0.1) is 0 Å². The van der Waals surface area contributed by atoms with Crippen LogP contribution in [0.1, 0.15) is 12.1 Å². The van der Waals surface area contributed by atoms with Crippen LogP contribution in [0.5, 0.6) is 0 Å². The van der Waals surface area contributed by atoms with Gasteiger partial charge in [-0.2, -0.15) is 0 Å². The highest BCUT2D eigenvalue weighted by Crippen LogP contribution is 2.25. The number of nitrogens with zero attached hydrogens (tertiary/aromatic N) is 1. The Hall–Kier alpha value is -1.80. The highest BCUT2D eigenvalue weighted by molar-refractivity contribution is 7.13. The summed E-state index contributed by atoms with van der Waals surface area (Å²) < 4.78 is 31.3. The standard InChI is InChI=1S/C13H13F2N3O2S/c14-13(15)4-9(17-7-13)11(19)16-5-8-6-20-12(18-8)10-2-1-3-21-10/h1-3,6,9,17H,4-5,7H2,(H,16,19). The van der Waals surface area contributed by atoms with Crippen molar-refractivity contribution in [1.29, 1.82) is 0 Å². The summed E-state index contributed by atoms with van der Waals surface area (Å²) in [5.74, 6) is -2.78. The van der Waals surface area contributed by atoms with E-state index in [0.717, 1.165) is 4.88 Å². The van der Waals surface area contributed by atoms with Crippen molar-refractivity contribution in [3.8, 4) is 10.8 Å². The van der Waals surface area contributed by atoms with Crippen molar-refractivity contribution < 1.29 is 18.0 Å². The predicted octanol–water partition coefficient (Wildman–Crippen LogP) is 2.02. The van der Waals surface area contributed by atoms with Crippen LogP contribution in [-0.4, -0.2) is 29.4 Å². The van der Waals surface area contributed by atoms with Crippen molar-refractivity contribution in [3.63, 3.8) is 0 Å². The van der Waals surface area contributed by atoms with Crippen LogP contribution >= 0.6 is 11.3 Å². The molecule has 2 N–H and O–H groups in total. The van der Waals surface area contributed by atoms with Crippen molar-refractivity contribution in [3.05, 3.63) is 29.5 Å². The van der Waals surface area contributed by atoms with Crippen molar-refractivity contribution in [2.24, 2.45) is 0 Å². The predicted molar refractivity (Wildman–Crippen MR) is 73.0 cm³/mol. The van der Waals surface area contributed by atoms with Crippen molar-refractivity contribution in [2.75, 3.05) is 6.54 Å². The second-order valence-electron chi connectivity index (χ2n) is 4.83. The smallest absolute Gasteiger partial charge is 0.262 e. The number of carbonyl (C=O) groups excluding carboxylic acids is 1. The monoisotopic (exact) mass is 313 g/mol. The lowest BCUT2D eigenvalue weighted by atomic mass is 10.2. The SMILES string of the molecule is O=C(NCc1coc(-c2cccs2)n1)C1CC(F)(F)CN1. The molecule has 0 bridgehead atoms. The van der Waals surface area contributed by atoms with Gasteiger partial charge in [0.1, 0.15) is 6.26 Å². The Bertz CT molecular complexity index is 627. The first-order chi connectivity index (χ1) is 10.0. The average Bonchev–Trinajstić information content (AvgIpc) is 3.15. The lowest BCUT2D eigenvalue weighted by Gasteiger charge is -2.09. The number of carbonyl (C=O) groups is 1. The van der Waals surface area contributed by atoms with Gasteiger partial charge in [0.05, 0.1) is 29.7 Å². The highest BCUT2D eigenvalue weighted by atomic mass is 32.1. The van der Waals surface area contributed by atoms with Crippen molar-refractivity contribution >= 4 is 17.2 Å². The molecule has 1 unspecified atom stereocenters. The first kappa shape index (κ1) is 14.2. The van der Waals surface area contributed by atoms with Crippen molar-refractivity contribution in [2.45, 2.75) is 24.9 Å². The second kappa shape index (κ2) is 5.53. The van der Waals surface area contributed by atoms with E-state index < -0.39 is 30.8 Å². The molecule has 1 aliphatic heterocycles. The van der Waals surface area contributed by atoms with Crippen LogP contribution in [0.4, 0.5) is 8.78 Å². The summed E-state index contributed by atoms with van der Waals surface area (Å²) in [7, 11) is 0. The Morgan fingerprint density at radius 3 is 3.14 bits per heavy atom. The van der Waals surface area contributed by atoms with Crippen LogP contribution in [0.15, 0.2) is 28.2 Å². The number of alkyl halides is 2. The van der Waals surface area contributed by atoms with Crippen LogP contribution < -0.4 is 10.6 Å². The minimum Gasteiger partial charge on any atom is -0.443 e. The van der Waals surface area contributed by atoms with Crippen LogP contribution in [0.3, 0.4) is 0 Å². The number of oxazole rings is 1. The van der Waals surface area contributed by atoms with Crippen LogP contribution in [0.2, 0.25) is 0 Å². The molecule has 3 heterocycles. The van der Waals surface area contributed by atoms with Gasteiger partial charge in [-0.1, -0.05) is 6.07 Å². The van der Waals surface area contributed by atoms with Gasteiger partial charge in [-0.3, -0.25) is 10.1 Å². The van der Waals surface area contributed by atoms with Gasteiger partial charge in [0, 0.05) is 6.42 Å². The van der Waals surface area contributed by atoms with Gasteiger partial charge in [-0.15, -0.1) is 11.3 Å². The van der Waals surface area contributed by atoms with Gasteiger partial charge in [-0.25, -0.2) is 13.8 Å². The average molecular weight is 313 g/mol. The Morgan fingerprint density at radius 1 is 1.62 bits per heavy atom. The largest absolute Gasteiger partial charge is 0.443 e. The molecule has 21 heavy (non-hydrogen) atoms. The second-order valence-corrected chi connectivity index (χ2v) is 5.78. The Morgan fingerprint density at radius 2 is 2.48 bits per heavy atom. The van der Waals surface area contributed by atoms with E-state index in [9.17, 15) is 13.6 Å². The third-order valence-corrected chi connectivity index (χ3v) is 4.01. The van der Waals surface area contributed by atoms with Crippen LogP contribution in [0.25, 0.3) is 10.8 Å². The fraction of sp³-hybridized carbons (Fsp3) is 0.385.